The Morgan fingerprint density at radius 1 is 1.17 bits per heavy atom. The minimum atomic E-state index is -0.423. The van der Waals surface area contributed by atoms with Crippen LogP contribution in [0.25, 0.3) is 10.9 Å². The molecule has 1 saturated heterocycles. The Bertz CT molecular complexity index is 619. The second-order valence-corrected chi connectivity index (χ2v) is 5.79. The Morgan fingerprint density at radius 2 is 1.83 bits per heavy atom. The highest BCUT2D eigenvalue weighted by Crippen LogP contribution is 2.36. The predicted octanol–water partition coefficient (Wildman–Crippen LogP) is 2.47. The van der Waals surface area contributed by atoms with Crippen molar-refractivity contribution in [3.05, 3.63) is 30.4 Å². The predicted molar refractivity (Wildman–Crippen MR) is 74.0 cm³/mol. The Hall–Kier alpha value is -1.26. The van der Waals surface area contributed by atoms with E-state index in [1.807, 2.05) is 45.9 Å². The number of aromatic nitrogens is 1. The van der Waals surface area contributed by atoms with Crippen LogP contribution in [0.5, 0.6) is 0 Å². The van der Waals surface area contributed by atoms with Crippen molar-refractivity contribution in [2.24, 2.45) is 0 Å². The summed E-state index contributed by atoms with van der Waals surface area (Å²) in [5.41, 5.74) is 1.14. The second kappa shape index (κ2) is 3.62. The standard InChI is InChI=1S/C14H18BNO2/c1-13(2)14(3,4)18-15(17-13)11-6-5-7-12-10(11)8-9-16-12/h5-9,16H,1-4H3/i8D. The fourth-order valence-electron chi connectivity index (χ4n) is 2.20. The number of benzene rings is 1. The minimum absolute atomic E-state index is 0.363. The fraction of sp³-hybridized carbons (Fsp3) is 0.429. The largest absolute Gasteiger partial charge is 0.495 e. The summed E-state index contributed by atoms with van der Waals surface area (Å²) >= 11 is 0. The molecule has 4 heteroatoms. The molecule has 0 amide bonds. The highest BCUT2D eigenvalue weighted by Gasteiger charge is 2.52. The van der Waals surface area contributed by atoms with Crippen molar-refractivity contribution in [1.82, 2.24) is 4.98 Å². The van der Waals surface area contributed by atoms with Gasteiger partial charge in [-0.1, -0.05) is 12.1 Å². The molecule has 1 fully saturated rings. The van der Waals surface area contributed by atoms with Crippen molar-refractivity contribution in [1.29, 1.82) is 0 Å². The maximum Gasteiger partial charge on any atom is 0.495 e. The molecule has 0 atom stereocenters. The number of rotatable bonds is 1. The minimum Gasteiger partial charge on any atom is -0.399 e. The van der Waals surface area contributed by atoms with Crippen LogP contribution in [-0.2, 0) is 9.31 Å². The van der Waals surface area contributed by atoms with Crippen molar-refractivity contribution in [2.75, 3.05) is 0 Å². The molecule has 1 aromatic heterocycles. The topological polar surface area (TPSA) is 34.2 Å². The van der Waals surface area contributed by atoms with Crippen LogP contribution >= 0.6 is 0 Å². The summed E-state index contributed by atoms with van der Waals surface area (Å²) in [5, 5.41) is 0.876. The molecule has 3 nitrogen and oxygen atoms in total. The van der Waals surface area contributed by atoms with Gasteiger partial charge in [-0.3, -0.25) is 0 Å². The van der Waals surface area contributed by atoms with Gasteiger partial charge in [-0.05, 0) is 50.7 Å². The van der Waals surface area contributed by atoms with Gasteiger partial charge in [-0.2, -0.15) is 0 Å². The van der Waals surface area contributed by atoms with Gasteiger partial charge in [0.1, 0.15) is 0 Å². The SMILES string of the molecule is [2H]c1c[nH]c2cccc(B3OC(C)(C)C(C)(C)O3)c12. The summed E-state index contributed by atoms with van der Waals surface area (Å²) in [7, 11) is -0.423. The van der Waals surface area contributed by atoms with E-state index in [9.17, 15) is 0 Å². The number of fused-ring (bicyclic) bond motifs is 1. The number of hydrogen-bond acceptors (Lipinski definition) is 2. The molecule has 1 aliphatic heterocycles. The average Bonchev–Trinajstić information content (AvgIpc) is 2.78. The Balaban J connectivity index is 2.10. The van der Waals surface area contributed by atoms with Crippen LogP contribution in [0.15, 0.2) is 30.4 Å². The lowest BCUT2D eigenvalue weighted by molar-refractivity contribution is 0.00578. The molecule has 94 valence electrons. The first kappa shape index (κ1) is 10.6. The first-order valence-corrected chi connectivity index (χ1v) is 6.24. The van der Waals surface area contributed by atoms with Gasteiger partial charge in [-0.25, -0.2) is 0 Å². The molecule has 2 heterocycles. The molecule has 0 aliphatic carbocycles. The summed E-state index contributed by atoms with van der Waals surface area (Å²) in [6, 6.07) is 6.36. The van der Waals surface area contributed by atoms with Gasteiger partial charge in [0.2, 0.25) is 0 Å². The van der Waals surface area contributed by atoms with E-state index < -0.39 is 7.12 Å². The van der Waals surface area contributed by atoms with Crippen LogP contribution in [0.4, 0.5) is 0 Å². The van der Waals surface area contributed by atoms with E-state index in [2.05, 4.69) is 4.98 Å². The second-order valence-electron chi connectivity index (χ2n) is 5.79. The molecule has 3 rings (SSSR count). The Labute approximate surface area is 109 Å². The highest BCUT2D eigenvalue weighted by molar-refractivity contribution is 6.65. The molecule has 1 aliphatic rings. The van der Waals surface area contributed by atoms with Crippen LogP contribution < -0.4 is 5.46 Å². The zero-order valence-electron chi connectivity index (χ0n) is 12.2. The normalized spacial score (nSPS) is 22.4. The third-order valence-electron chi connectivity index (χ3n) is 4.05. The van der Waals surface area contributed by atoms with Crippen LogP contribution in [-0.4, -0.2) is 23.3 Å². The first-order valence-electron chi connectivity index (χ1n) is 6.74. The third kappa shape index (κ3) is 1.60. The lowest BCUT2D eigenvalue weighted by Crippen LogP contribution is -2.41. The number of H-pyrrole nitrogens is 1. The number of hydrogen-bond donors (Lipinski definition) is 1. The molecule has 0 saturated carbocycles. The van der Waals surface area contributed by atoms with Gasteiger partial charge >= 0.3 is 7.12 Å². The van der Waals surface area contributed by atoms with Crippen LogP contribution in [0.3, 0.4) is 0 Å². The first-order chi connectivity index (χ1) is 8.82. The van der Waals surface area contributed by atoms with Gasteiger partial charge in [0, 0.05) is 11.7 Å². The smallest absolute Gasteiger partial charge is 0.399 e. The molecular weight excluding hydrogens is 225 g/mol. The van der Waals surface area contributed by atoms with E-state index >= 15 is 0 Å². The van der Waals surface area contributed by atoms with E-state index in [0.29, 0.717) is 6.04 Å². The van der Waals surface area contributed by atoms with E-state index in [4.69, 9.17) is 10.7 Å². The zero-order valence-corrected chi connectivity index (χ0v) is 11.2. The van der Waals surface area contributed by atoms with Crippen molar-refractivity contribution < 1.29 is 10.7 Å². The monoisotopic (exact) mass is 244 g/mol. The van der Waals surface area contributed by atoms with E-state index in [1.165, 1.54) is 0 Å². The molecule has 1 aromatic carbocycles. The summed E-state index contributed by atoms with van der Waals surface area (Å²) in [6.45, 7) is 8.13. The highest BCUT2D eigenvalue weighted by atomic mass is 16.7. The zero-order chi connectivity index (χ0) is 13.8. The Morgan fingerprint density at radius 3 is 2.50 bits per heavy atom. The third-order valence-corrected chi connectivity index (χ3v) is 4.05. The maximum atomic E-state index is 8.00. The molecular formula is C14H18BNO2. The Kier molecular flexibility index (Phi) is 2.14. The summed E-state index contributed by atoms with van der Waals surface area (Å²) in [5.74, 6) is 0. The van der Waals surface area contributed by atoms with Crippen molar-refractivity contribution in [3.63, 3.8) is 0 Å². The fourth-order valence-corrected chi connectivity index (χ4v) is 2.20. The summed E-state index contributed by atoms with van der Waals surface area (Å²) in [4.78, 5) is 3.09. The molecule has 0 unspecified atom stereocenters. The lowest BCUT2D eigenvalue weighted by Gasteiger charge is -2.32. The van der Waals surface area contributed by atoms with Gasteiger partial charge in [-0.15, -0.1) is 0 Å². The molecule has 18 heavy (non-hydrogen) atoms. The van der Waals surface area contributed by atoms with Crippen LogP contribution in [0, 0.1) is 0 Å². The maximum absolute atomic E-state index is 8.00. The summed E-state index contributed by atoms with van der Waals surface area (Å²) < 4.78 is 20.1. The van der Waals surface area contributed by atoms with Gasteiger partial charge in [0.25, 0.3) is 0 Å². The van der Waals surface area contributed by atoms with Gasteiger partial charge < -0.3 is 14.3 Å². The van der Waals surface area contributed by atoms with Crippen molar-refractivity contribution in [3.8, 4) is 0 Å². The summed E-state index contributed by atoms with van der Waals surface area (Å²) in [6.07, 6.45) is 1.69. The molecule has 2 aromatic rings. The molecule has 1 N–H and O–H groups in total. The van der Waals surface area contributed by atoms with Crippen molar-refractivity contribution in [2.45, 2.75) is 38.9 Å². The van der Waals surface area contributed by atoms with E-state index in [1.54, 1.807) is 6.20 Å². The average molecular weight is 244 g/mol. The number of aromatic amines is 1. The van der Waals surface area contributed by atoms with Crippen molar-refractivity contribution >= 4 is 23.5 Å². The lowest BCUT2D eigenvalue weighted by atomic mass is 9.77. The van der Waals surface area contributed by atoms with E-state index in [0.717, 1.165) is 16.4 Å². The van der Waals surface area contributed by atoms with Crippen LogP contribution in [0.1, 0.15) is 29.1 Å². The van der Waals surface area contributed by atoms with Crippen LogP contribution in [0.2, 0.25) is 0 Å². The van der Waals surface area contributed by atoms with Gasteiger partial charge in [0.15, 0.2) is 0 Å². The molecule has 0 radical (unpaired) electrons. The number of nitrogens with one attached hydrogen (secondary N) is 1. The molecule has 0 bridgehead atoms. The quantitative estimate of drug-likeness (QED) is 0.782. The van der Waals surface area contributed by atoms with E-state index in [-0.39, 0.29) is 11.2 Å². The molecule has 0 spiro atoms. The van der Waals surface area contributed by atoms with Gasteiger partial charge in [0.05, 0.1) is 12.6 Å².